The van der Waals surface area contributed by atoms with Crippen molar-refractivity contribution in [2.45, 2.75) is 20.8 Å². The molecule has 2 aromatic carbocycles. The minimum atomic E-state index is -0.185. The van der Waals surface area contributed by atoms with Gasteiger partial charge in [-0.3, -0.25) is 9.59 Å². The summed E-state index contributed by atoms with van der Waals surface area (Å²) in [5.41, 5.74) is 5.51. The van der Waals surface area contributed by atoms with Crippen molar-refractivity contribution in [3.8, 4) is 0 Å². The third-order valence-electron chi connectivity index (χ3n) is 3.74. The van der Waals surface area contributed by atoms with Crippen LogP contribution in [0, 0.1) is 20.8 Å². The van der Waals surface area contributed by atoms with E-state index in [9.17, 15) is 9.59 Å². The molecule has 2 aromatic rings. The topological polar surface area (TPSA) is 70.2 Å². The Morgan fingerprint density at radius 1 is 1.00 bits per heavy atom. The number of nitrogens with one attached hydrogen (secondary N) is 3. The summed E-state index contributed by atoms with van der Waals surface area (Å²) in [5.74, 6) is -0.349. The molecule has 0 fully saturated rings. The van der Waals surface area contributed by atoms with Gasteiger partial charge in [-0.15, -0.1) is 0 Å². The van der Waals surface area contributed by atoms with Gasteiger partial charge < -0.3 is 16.0 Å². The minimum absolute atomic E-state index is 0.162. The van der Waals surface area contributed by atoms with Gasteiger partial charge in [0.25, 0.3) is 5.91 Å². The van der Waals surface area contributed by atoms with Gasteiger partial charge in [-0.25, -0.2) is 0 Å². The molecule has 2 rings (SSSR count). The summed E-state index contributed by atoms with van der Waals surface area (Å²) >= 11 is 0. The van der Waals surface area contributed by atoms with Crippen molar-refractivity contribution < 1.29 is 9.59 Å². The highest BCUT2D eigenvalue weighted by atomic mass is 16.2. The van der Waals surface area contributed by atoms with Crippen molar-refractivity contribution in [3.63, 3.8) is 0 Å². The average molecular weight is 325 g/mol. The summed E-state index contributed by atoms with van der Waals surface area (Å²) in [6.07, 6.45) is 0. The third kappa shape index (κ3) is 4.35. The van der Waals surface area contributed by atoms with Gasteiger partial charge in [-0.2, -0.15) is 0 Å². The molecular weight excluding hydrogens is 302 g/mol. The van der Waals surface area contributed by atoms with E-state index in [0.717, 1.165) is 16.8 Å². The Hall–Kier alpha value is -2.82. The lowest BCUT2D eigenvalue weighted by atomic mass is 10.1. The molecule has 0 aromatic heterocycles. The maximum Gasteiger partial charge on any atom is 0.251 e. The zero-order chi connectivity index (χ0) is 17.7. The zero-order valence-electron chi connectivity index (χ0n) is 14.5. The van der Waals surface area contributed by atoms with Crippen LogP contribution in [0.15, 0.2) is 36.4 Å². The van der Waals surface area contributed by atoms with E-state index in [4.69, 9.17) is 0 Å². The normalized spacial score (nSPS) is 10.2. The van der Waals surface area contributed by atoms with E-state index in [-0.39, 0.29) is 18.4 Å². The molecule has 0 atom stereocenters. The molecule has 126 valence electrons. The van der Waals surface area contributed by atoms with Crippen LogP contribution in [-0.4, -0.2) is 25.4 Å². The number of hydrogen-bond acceptors (Lipinski definition) is 3. The van der Waals surface area contributed by atoms with Crippen LogP contribution in [0.5, 0.6) is 0 Å². The van der Waals surface area contributed by atoms with Gasteiger partial charge in [0.2, 0.25) is 5.91 Å². The smallest absolute Gasteiger partial charge is 0.251 e. The molecule has 0 radical (unpaired) electrons. The molecule has 0 spiro atoms. The SMILES string of the molecule is CNC(=O)c1cccc(NC(=O)CNc2c(C)cc(C)cc2C)c1. The maximum atomic E-state index is 12.2. The third-order valence-corrected chi connectivity index (χ3v) is 3.74. The first-order valence-electron chi connectivity index (χ1n) is 7.84. The second kappa shape index (κ2) is 7.64. The Labute approximate surface area is 142 Å². The second-order valence-corrected chi connectivity index (χ2v) is 5.84. The van der Waals surface area contributed by atoms with Crippen molar-refractivity contribution in [2.24, 2.45) is 0 Å². The van der Waals surface area contributed by atoms with E-state index in [1.807, 2.05) is 13.8 Å². The van der Waals surface area contributed by atoms with Gasteiger partial charge in [0, 0.05) is 24.0 Å². The van der Waals surface area contributed by atoms with Crippen LogP contribution in [0.3, 0.4) is 0 Å². The van der Waals surface area contributed by atoms with Crippen LogP contribution < -0.4 is 16.0 Å². The highest BCUT2D eigenvalue weighted by molar-refractivity contribution is 5.98. The Balaban J connectivity index is 2.01. The number of aryl methyl sites for hydroxylation is 3. The number of hydrogen-bond donors (Lipinski definition) is 3. The molecule has 0 heterocycles. The van der Waals surface area contributed by atoms with Crippen molar-refractivity contribution in [1.29, 1.82) is 0 Å². The number of rotatable bonds is 5. The lowest BCUT2D eigenvalue weighted by Gasteiger charge is -2.14. The van der Waals surface area contributed by atoms with Crippen LogP contribution in [0.2, 0.25) is 0 Å². The first-order chi connectivity index (χ1) is 11.4. The highest BCUT2D eigenvalue weighted by Gasteiger charge is 2.08. The van der Waals surface area contributed by atoms with Crippen LogP contribution in [0.1, 0.15) is 27.0 Å². The number of benzene rings is 2. The predicted octanol–water partition coefficient (Wildman–Crippen LogP) is 3.02. The van der Waals surface area contributed by atoms with Gasteiger partial charge >= 0.3 is 0 Å². The van der Waals surface area contributed by atoms with Gasteiger partial charge in [-0.1, -0.05) is 23.8 Å². The molecule has 3 N–H and O–H groups in total. The number of amides is 2. The lowest BCUT2D eigenvalue weighted by molar-refractivity contribution is -0.114. The Morgan fingerprint density at radius 3 is 2.29 bits per heavy atom. The van der Waals surface area contributed by atoms with Crippen LogP contribution in [0.25, 0.3) is 0 Å². The quantitative estimate of drug-likeness (QED) is 0.791. The van der Waals surface area contributed by atoms with E-state index < -0.39 is 0 Å². The lowest BCUT2D eigenvalue weighted by Crippen LogP contribution is -2.23. The van der Waals surface area contributed by atoms with Crippen LogP contribution >= 0.6 is 0 Å². The molecule has 5 heteroatoms. The monoisotopic (exact) mass is 325 g/mol. The zero-order valence-corrected chi connectivity index (χ0v) is 14.5. The van der Waals surface area contributed by atoms with Crippen molar-refractivity contribution in [1.82, 2.24) is 5.32 Å². The van der Waals surface area contributed by atoms with E-state index in [1.165, 1.54) is 5.56 Å². The van der Waals surface area contributed by atoms with Gasteiger partial charge in [0.05, 0.1) is 6.54 Å². The number of carbonyl (C=O) groups excluding carboxylic acids is 2. The molecular formula is C19H23N3O2. The van der Waals surface area contributed by atoms with Crippen molar-refractivity contribution in [3.05, 3.63) is 58.7 Å². The predicted molar refractivity (Wildman–Crippen MR) is 97.6 cm³/mol. The van der Waals surface area contributed by atoms with Crippen molar-refractivity contribution in [2.75, 3.05) is 24.2 Å². The summed E-state index contributed by atoms with van der Waals surface area (Å²) in [7, 11) is 1.57. The maximum absolute atomic E-state index is 12.2. The Bertz CT molecular complexity index is 746. The van der Waals surface area contributed by atoms with E-state index in [1.54, 1.807) is 31.3 Å². The van der Waals surface area contributed by atoms with E-state index in [2.05, 4.69) is 35.0 Å². The molecule has 2 amide bonds. The van der Waals surface area contributed by atoms with Crippen LogP contribution in [0.4, 0.5) is 11.4 Å². The fraction of sp³-hybridized carbons (Fsp3) is 0.263. The van der Waals surface area contributed by atoms with Crippen LogP contribution in [-0.2, 0) is 4.79 Å². The van der Waals surface area contributed by atoms with E-state index in [0.29, 0.717) is 11.3 Å². The first kappa shape index (κ1) is 17.5. The summed E-state index contributed by atoms with van der Waals surface area (Å²) < 4.78 is 0. The standard InChI is InChI=1S/C19H23N3O2/c1-12-8-13(2)18(14(3)9-12)21-11-17(23)22-16-7-5-6-15(10-16)19(24)20-4/h5-10,21H,11H2,1-4H3,(H,20,24)(H,22,23). The van der Waals surface area contributed by atoms with Gasteiger partial charge in [0.1, 0.15) is 0 Å². The molecule has 5 nitrogen and oxygen atoms in total. The molecule has 0 aliphatic carbocycles. The molecule has 0 saturated heterocycles. The summed E-state index contributed by atoms with van der Waals surface area (Å²) in [5, 5.41) is 8.55. The first-order valence-corrected chi connectivity index (χ1v) is 7.84. The van der Waals surface area contributed by atoms with Crippen molar-refractivity contribution >= 4 is 23.2 Å². The largest absolute Gasteiger partial charge is 0.376 e. The Morgan fingerprint density at radius 2 is 1.67 bits per heavy atom. The molecule has 24 heavy (non-hydrogen) atoms. The second-order valence-electron chi connectivity index (χ2n) is 5.84. The molecule has 0 unspecified atom stereocenters. The molecule has 0 bridgehead atoms. The van der Waals surface area contributed by atoms with E-state index >= 15 is 0 Å². The van der Waals surface area contributed by atoms with Gasteiger partial charge in [-0.05, 0) is 50.1 Å². The van der Waals surface area contributed by atoms with Gasteiger partial charge in [0.15, 0.2) is 0 Å². The highest BCUT2D eigenvalue weighted by Crippen LogP contribution is 2.21. The molecule has 0 saturated carbocycles. The fourth-order valence-corrected chi connectivity index (χ4v) is 2.72. The molecule has 0 aliphatic rings. The Kier molecular flexibility index (Phi) is 5.58. The average Bonchev–Trinajstić information content (AvgIpc) is 2.53. The number of carbonyl (C=O) groups is 2. The minimum Gasteiger partial charge on any atom is -0.376 e. The summed E-state index contributed by atoms with van der Waals surface area (Å²) in [6, 6.07) is 11.0. The summed E-state index contributed by atoms with van der Waals surface area (Å²) in [6.45, 7) is 6.25. The number of anilines is 2. The molecule has 0 aliphatic heterocycles. The fourth-order valence-electron chi connectivity index (χ4n) is 2.72. The summed E-state index contributed by atoms with van der Waals surface area (Å²) in [4.78, 5) is 23.8.